The molecule has 0 saturated carbocycles. The molecule has 1 aromatic carbocycles. The van der Waals surface area contributed by atoms with Crippen LogP contribution in [-0.2, 0) is 4.79 Å². The molecular formula is C18H22N6O2. The Bertz CT molecular complexity index is 752. The summed E-state index contributed by atoms with van der Waals surface area (Å²) in [5.41, 5.74) is 2.02. The van der Waals surface area contributed by atoms with Crippen molar-refractivity contribution in [2.75, 3.05) is 55.4 Å². The molecule has 2 aromatic rings. The normalized spacial score (nSPS) is 14.1. The topological polar surface area (TPSA) is 81.7 Å². The zero-order chi connectivity index (χ0) is 18.5. The molecular weight excluding hydrogens is 332 g/mol. The van der Waals surface area contributed by atoms with E-state index in [0.29, 0.717) is 37.7 Å². The fourth-order valence-electron chi connectivity index (χ4n) is 2.70. The van der Waals surface area contributed by atoms with Gasteiger partial charge in [0.25, 0.3) is 5.91 Å². The molecule has 0 atom stereocenters. The first-order chi connectivity index (χ1) is 12.6. The smallest absolute Gasteiger partial charge is 0.275 e. The van der Waals surface area contributed by atoms with Crippen LogP contribution in [-0.4, -0.2) is 67.5 Å². The minimum absolute atomic E-state index is 0.261. The van der Waals surface area contributed by atoms with Gasteiger partial charge in [-0.15, -0.1) is 0 Å². The van der Waals surface area contributed by atoms with E-state index < -0.39 is 0 Å². The van der Waals surface area contributed by atoms with Gasteiger partial charge < -0.3 is 20.0 Å². The summed E-state index contributed by atoms with van der Waals surface area (Å²) in [7, 11) is 3.92. The first kappa shape index (κ1) is 17.7. The second-order valence-electron chi connectivity index (χ2n) is 6.28. The Kier molecular flexibility index (Phi) is 5.31. The van der Waals surface area contributed by atoms with Crippen molar-refractivity contribution in [3.63, 3.8) is 0 Å². The van der Waals surface area contributed by atoms with Crippen molar-refractivity contribution in [3.8, 4) is 0 Å². The van der Waals surface area contributed by atoms with Gasteiger partial charge in [0.05, 0.1) is 12.4 Å². The third-order valence-electron chi connectivity index (χ3n) is 4.30. The van der Waals surface area contributed by atoms with E-state index in [-0.39, 0.29) is 11.6 Å². The van der Waals surface area contributed by atoms with E-state index in [1.165, 1.54) is 6.20 Å². The summed E-state index contributed by atoms with van der Waals surface area (Å²) in [5, 5.41) is 2.82. The molecule has 2 amide bonds. The summed E-state index contributed by atoms with van der Waals surface area (Å²) < 4.78 is 0. The molecule has 0 unspecified atom stereocenters. The Labute approximate surface area is 152 Å². The molecule has 0 bridgehead atoms. The van der Waals surface area contributed by atoms with E-state index in [1.54, 1.807) is 11.1 Å². The molecule has 26 heavy (non-hydrogen) atoms. The number of nitrogens with zero attached hydrogens (tertiary/aromatic N) is 5. The number of amides is 2. The van der Waals surface area contributed by atoms with E-state index in [9.17, 15) is 9.59 Å². The molecule has 1 saturated heterocycles. The lowest BCUT2D eigenvalue weighted by Gasteiger charge is -2.33. The maximum atomic E-state index is 12.3. The van der Waals surface area contributed by atoms with Gasteiger partial charge in [-0.3, -0.25) is 9.59 Å². The van der Waals surface area contributed by atoms with Gasteiger partial charge in [0.1, 0.15) is 11.5 Å². The van der Waals surface area contributed by atoms with Crippen LogP contribution in [0.1, 0.15) is 10.5 Å². The van der Waals surface area contributed by atoms with Crippen LogP contribution in [0.5, 0.6) is 0 Å². The fraction of sp³-hybridized carbons (Fsp3) is 0.333. The molecule has 1 aromatic heterocycles. The van der Waals surface area contributed by atoms with Crippen molar-refractivity contribution in [1.29, 1.82) is 0 Å². The number of carbonyl (C=O) groups is 2. The van der Waals surface area contributed by atoms with E-state index in [4.69, 9.17) is 0 Å². The van der Waals surface area contributed by atoms with E-state index in [1.807, 2.05) is 43.3 Å². The van der Waals surface area contributed by atoms with Crippen molar-refractivity contribution < 1.29 is 9.59 Å². The molecule has 1 fully saturated rings. The van der Waals surface area contributed by atoms with Crippen LogP contribution < -0.4 is 15.1 Å². The summed E-state index contributed by atoms with van der Waals surface area (Å²) in [6.07, 6.45) is 3.94. The molecule has 0 spiro atoms. The minimum atomic E-state index is -0.299. The molecule has 0 radical (unpaired) electrons. The molecule has 2 heterocycles. The van der Waals surface area contributed by atoms with Crippen LogP contribution in [0.2, 0.25) is 0 Å². The Balaban J connectivity index is 1.61. The Morgan fingerprint density at radius 1 is 1.08 bits per heavy atom. The third kappa shape index (κ3) is 4.08. The lowest BCUT2D eigenvalue weighted by Crippen LogP contribution is -2.46. The Hall–Kier alpha value is -3.16. The Morgan fingerprint density at radius 2 is 1.77 bits per heavy atom. The number of carbonyl (C=O) groups excluding carboxylic acids is 2. The van der Waals surface area contributed by atoms with E-state index >= 15 is 0 Å². The van der Waals surface area contributed by atoms with Gasteiger partial charge in [0, 0.05) is 51.6 Å². The number of anilines is 3. The van der Waals surface area contributed by atoms with Crippen LogP contribution in [0.15, 0.2) is 36.7 Å². The van der Waals surface area contributed by atoms with E-state index in [2.05, 4.69) is 20.2 Å². The zero-order valence-electron chi connectivity index (χ0n) is 14.9. The van der Waals surface area contributed by atoms with Crippen LogP contribution >= 0.6 is 0 Å². The highest BCUT2D eigenvalue weighted by Crippen LogP contribution is 2.17. The molecule has 1 aliphatic rings. The van der Waals surface area contributed by atoms with Gasteiger partial charge in [0.2, 0.25) is 6.41 Å². The van der Waals surface area contributed by atoms with Crippen molar-refractivity contribution in [1.82, 2.24) is 14.9 Å². The van der Waals surface area contributed by atoms with Crippen LogP contribution in [0, 0.1) is 0 Å². The number of benzene rings is 1. The number of nitrogens with one attached hydrogen (secondary N) is 1. The average molecular weight is 354 g/mol. The van der Waals surface area contributed by atoms with Gasteiger partial charge in [0.15, 0.2) is 0 Å². The predicted molar refractivity (Wildman–Crippen MR) is 101 cm³/mol. The van der Waals surface area contributed by atoms with Gasteiger partial charge in [-0.05, 0) is 24.3 Å². The van der Waals surface area contributed by atoms with Crippen LogP contribution in [0.25, 0.3) is 0 Å². The summed E-state index contributed by atoms with van der Waals surface area (Å²) >= 11 is 0. The fourth-order valence-corrected chi connectivity index (χ4v) is 2.70. The Morgan fingerprint density at radius 3 is 2.31 bits per heavy atom. The summed E-state index contributed by atoms with van der Waals surface area (Å²) in [5.74, 6) is 0.412. The van der Waals surface area contributed by atoms with Crippen molar-refractivity contribution >= 4 is 29.5 Å². The second-order valence-corrected chi connectivity index (χ2v) is 6.28. The summed E-state index contributed by atoms with van der Waals surface area (Å²) in [6, 6.07) is 7.57. The first-order valence-corrected chi connectivity index (χ1v) is 8.42. The maximum absolute atomic E-state index is 12.3. The first-order valence-electron chi connectivity index (χ1n) is 8.42. The average Bonchev–Trinajstić information content (AvgIpc) is 2.68. The van der Waals surface area contributed by atoms with Gasteiger partial charge >= 0.3 is 0 Å². The van der Waals surface area contributed by atoms with E-state index in [0.717, 1.165) is 12.1 Å². The molecule has 1 N–H and O–H groups in total. The quantitative estimate of drug-likeness (QED) is 0.809. The van der Waals surface area contributed by atoms with Crippen LogP contribution in [0.3, 0.4) is 0 Å². The van der Waals surface area contributed by atoms with Gasteiger partial charge in [-0.25, -0.2) is 9.97 Å². The van der Waals surface area contributed by atoms with Crippen molar-refractivity contribution in [2.24, 2.45) is 0 Å². The largest absolute Gasteiger partial charge is 0.378 e. The highest BCUT2D eigenvalue weighted by molar-refractivity contribution is 6.02. The highest BCUT2D eigenvalue weighted by Gasteiger charge is 2.17. The molecule has 8 nitrogen and oxygen atoms in total. The zero-order valence-corrected chi connectivity index (χ0v) is 14.9. The number of hydrogen-bond acceptors (Lipinski definition) is 6. The number of hydrogen-bond donors (Lipinski definition) is 1. The number of aromatic nitrogens is 2. The second kappa shape index (κ2) is 7.81. The van der Waals surface area contributed by atoms with Gasteiger partial charge in [-0.1, -0.05) is 0 Å². The van der Waals surface area contributed by atoms with Crippen molar-refractivity contribution in [2.45, 2.75) is 0 Å². The monoisotopic (exact) mass is 354 g/mol. The standard InChI is InChI=1S/C18H22N6O2/c1-22(2)15-5-3-14(4-6-15)21-18(26)16-11-20-17(12-19-16)24-9-7-23(13-25)8-10-24/h3-6,11-13H,7-10H2,1-2H3,(H,21,26). The lowest BCUT2D eigenvalue weighted by molar-refractivity contribution is -0.118. The van der Waals surface area contributed by atoms with Gasteiger partial charge in [-0.2, -0.15) is 0 Å². The summed E-state index contributed by atoms with van der Waals surface area (Å²) in [6.45, 7) is 2.74. The molecule has 0 aliphatic carbocycles. The number of piperazine rings is 1. The molecule has 3 rings (SSSR count). The predicted octanol–water partition coefficient (Wildman–Crippen LogP) is 1.07. The highest BCUT2D eigenvalue weighted by atomic mass is 16.2. The summed E-state index contributed by atoms with van der Waals surface area (Å²) in [4.78, 5) is 37.4. The molecule has 1 aliphatic heterocycles. The van der Waals surface area contributed by atoms with Crippen molar-refractivity contribution in [3.05, 3.63) is 42.4 Å². The number of rotatable bonds is 5. The minimum Gasteiger partial charge on any atom is -0.378 e. The lowest BCUT2D eigenvalue weighted by atomic mass is 10.2. The third-order valence-corrected chi connectivity index (χ3v) is 4.30. The molecule has 136 valence electrons. The van der Waals surface area contributed by atoms with Crippen LogP contribution in [0.4, 0.5) is 17.2 Å². The maximum Gasteiger partial charge on any atom is 0.275 e. The SMILES string of the molecule is CN(C)c1ccc(NC(=O)c2cnc(N3CCN(C=O)CC3)cn2)cc1. The molecule has 8 heteroatoms.